The number of aryl methyl sites for hydroxylation is 2. The number of rotatable bonds is 8. The molecule has 5 nitrogen and oxygen atoms in total. The maximum absolute atomic E-state index is 12.3. The second-order valence-electron chi connectivity index (χ2n) is 7.39. The molecular formula is C24H28N2O3S. The SMILES string of the molecule is CCOc1ccc(-c2nc(NC(=O)COc3ccc(C(C)C)c(C)c3)sc2C)cc1. The van der Waals surface area contributed by atoms with Crippen LogP contribution in [0.4, 0.5) is 5.13 Å². The highest BCUT2D eigenvalue weighted by Gasteiger charge is 2.13. The molecule has 0 atom stereocenters. The lowest BCUT2D eigenvalue weighted by atomic mass is 9.98. The number of aromatic nitrogens is 1. The standard InChI is InChI=1S/C24H28N2O3S/c1-6-28-19-9-7-18(8-10-19)23-17(5)30-24(26-23)25-22(27)14-29-20-11-12-21(15(2)3)16(4)13-20/h7-13,15H,6,14H2,1-5H3,(H,25,26,27). The van der Waals surface area contributed by atoms with Gasteiger partial charge in [0.1, 0.15) is 11.5 Å². The summed E-state index contributed by atoms with van der Waals surface area (Å²) in [5.41, 5.74) is 4.30. The topological polar surface area (TPSA) is 60.5 Å². The van der Waals surface area contributed by atoms with Crippen molar-refractivity contribution in [2.45, 2.75) is 40.5 Å². The van der Waals surface area contributed by atoms with Crippen molar-refractivity contribution >= 4 is 22.4 Å². The van der Waals surface area contributed by atoms with Gasteiger partial charge < -0.3 is 9.47 Å². The quantitative estimate of drug-likeness (QED) is 0.484. The van der Waals surface area contributed by atoms with Gasteiger partial charge in [0.25, 0.3) is 5.91 Å². The number of hydrogen-bond acceptors (Lipinski definition) is 5. The number of nitrogens with one attached hydrogen (secondary N) is 1. The third-order valence-electron chi connectivity index (χ3n) is 4.71. The van der Waals surface area contributed by atoms with Gasteiger partial charge >= 0.3 is 0 Å². The molecule has 0 aliphatic heterocycles. The highest BCUT2D eigenvalue weighted by atomic mass is 32.1. The predicted molar refractivity (Wildman–Crippen MR) is 123 cm³/mol. The smallest absolute Gasteiger partial charge is 0.264 e. The molecule has 1 amide bonds. The van der Waals surface area contributed by atoms with Gasteiger partial charge in [-0.1, -0.05) is 19.9 Å². The summed E-state index contributed by atoms with van der Waals surface area (Å²) >= 11 is 1.45. The summed E-state index contributed by atoms with van der Waals surface area (Å²) < 4.78 is 11.1. The van der Waals surface area contributed by atoms with Crippen molar-refractivity contribution in [2.75, 3.05) is 18.5 Å². The highest BCUT2D eigenvalue weighted by molar-refractivity contribution is 7.16. The minimum absolute atomic E-state index is 0.0581. The van der Waals surface area contributed by atoms with E-state index in [-0.39, 0.29) is 12.5 Å². The van der Waals surface area contributed by atoms with Crippen molar-refractivity contribution in [3.63, 3.8) is 0 Å². The number of anilines is 1. The van der Waals surface area contributed by atoms with E-state index in [1.165, 1.54) is 22.5 Å². The van der Waals surface area contributed by atoms with E-state index in [2.05, 4.69) is 37.1 Å². The van der Waals surface area contributed by atoms with Crippen LogP contribution in [-0.4, -0.2) is 24.1 Å². The molecule has 0 bridgehead atoms. The molecule has 1 N–H and O–H groups in total. The van der Waals surface area contributed by atoms with Gasteiger partial charge in [-0.2, -0.15) is 0 Å². The van der Waals surface area contributed by atoms with Gasteiger partial charge in [-0.05, 0) is 74.2 Å². The van der Waals surface area contributed by atoms with Gasteiger partial charge in [-0.3, -0.25) is 10.1 Å². The normalized spacial score (nSPS) is 10.9. The second kappa shape index (κ2) is 9.76. The zero-order valence-corrected chi connectivity index (χ0v) is 18.9. The summed E-state index contributed by atoms with van der Waals surface area (Å²) in [4.78, 5) is 18.0. The average molecular weight is 425 g/mol. The fourth-order valence-corrected chi connectivity index (χ4v) is 4.14. The Labute approximate surface area is 182 Å². The fourth-order valence-electron chi connectivity index (χ4n) is 3.28. The number of nitrogens with zero attached hydrogens (tertiary/aromatic N) is 1. The van der Waals surface area contributed by atoms with E-state index >= 15 is 0 Å². The fraction of sp³-hybridized carbons (Fsp3) is 0.333. The minimum atomic E-state index is -0.229. The molecule has 3 aromatic rings. The zero-order valence-electron chi connectivity index (χ0n) is 18.1. The van der Waals surface area contributed by atoms with E-state index in [9.17, 15) is 4.79 Å². The monoisotopic (exact) mass is 424 g/mol. The molecule has 0 saturated heterocycles. The Kier molecular flexibility index (Phi) is 7.11. The number of amides is 1. The molecule has 1 aromatic heterocycles. The van der Waals surface area contributed by atoms with Crippen LogP contribution in [0.2, 0.25) is 0 Å². The first-order valence-corrected chi connectivity index (χ1v) is 10.9. The van der Waals surface area contributed by atoms with Crippen LogP contribution in [0, 0.1) is 13.8 Å². The molecule has 6 heteroatoms. The first-order chi connectivity index (χ1) is 14.4. The molecule has 0 radical (unpaired) electrons. The van der Waals surface area contributed by atoms with Gasteiger partial charge in [-0.25, -0.2) is 4.98 Å². The Morgan fingerprint density at radius 2 is 1.77 bits per heavy atom. The second-order valence-corrected chi connectivity index (χ2v) is 8.59. The lowest BCUT2D eigenvalue weighted by Crippen LogP contribution is -2.20. The zero-order chi connectivity index (χ0) is 21.7. The number of benzene rings is 2. The van der Waals surface area contributed by atoms with Crippen LogP contribution in [0.3, 0.4) is 0 Å². The van der Waals surface area contributed by atoms with Gasteiger partial charge in [-0.15, -0.1) is 11.3 Å². The van der Waals surface area contributed by atoms with Crippen molar-refractivity contribution in [1.82, 2.24) is 4.98 Å². The number of carbonyl (C=O) groups is 1. The summed E-state index contributed by atoms with van der Waals surface area (Å²) in [5, 5.41) is 3.40. The maximum Gasteiger partial charge on any atom is 0.264 e. The van der Waals surface area contributed by atoms with Gasteiger partial charge in [0, 0.05) is 10.4 Å². The Morgan fingerprint density at radius 1 is 1.07 bits per heavy atom. The lowest BCUT2D eigenvalue weighted by Gasteiger charge is -2.12. The molecule has 0 spiro atoms. The molecule has 2 aromatic carbocycles. The molecular weight excluding hydrogens is 396 g/mol. The molecule has 0 aliphatic carbocycles. The van der Waals surface area contributed by atoms with E-state index in [4.69, 9.17) is 9.47 Å². The van der Waals surface area contributed by atoms with Crippen LogP contribution in [0.15, 0.2) is 42.5 Å². The third kappa shape index (κ3) is 5.39. The van der Waals surface area contributed by atoms with Gasteiger partial charge in [0.05, 0.1) is 12.3 Å². The molecule has 158 valence electrons. The van der Waals surface area contributed by atoms with Crippen LogP contribution in [-0.2, 0) is 4.79 Å². The molecule has 0 unspecified atom stereocenters. The first kappa shape index (κ1) is 21.8. The van der Waals surface area contributed by atoms with Crippen LogP contribution in [0.25, 0.3) is 11.3 Å². The van der Waals surface area contributed by atoms with Crippen molar-refractivity contribution < 1.29 is 14.3 Å². The van der Waals surface area contributed by atoms with E-state index in [1.54, 1.807) is 0 Å². The Hall–Kier alpha value is -2.86. The number of thiazole rings is 1. The van der Waals surface area contributed by atoms with Gasteiger partial charge in [0.2, 0.25) is 0 Å². The van der Waals surface area contributed by atoms with Crippen LogP contribution in [0.1, 0.15) is 42.7 Å². The van der Waals surface area contributed by atoms with E-state index < -0.39 is 0 Å². The van der Waals surface area contributed by atoms with Crippen LogP contribution >= 0.6 is 11.3 Å². The summed E-state index contributed by atoms with van der Waals surface area (Å²) in [6.07, 6.45) is 0. The van der Waals surface area contributed by atoms with Crippen molar-refractivity contribution in [3.05, 3.63) is 58.5 Å². The molecule has 1 heterocycles. The molecule has 0 aliphatic rings. The number of hydrogen-bond donors (Lipinski definition) is 1. The predicted octanol–water partition coefficient (Wildman–Crippen LogP) is 5.97. The summed E-state index contributed by atoms with van der Waals surface area (Å²) in [7, 11) is 0. The van der Waals surface area contributed by atoms with E-state index in [0.717, 1.165) is 21.9 Å². The van der Waals surface area contributed by atoms with E-state index in [0.29, 0.717) is 23.4 Å². The molecule has 30 heavy (non-hydrogen) atoms. The van der Waals surface area contributed by atoms with Gasteiger partial charge in [0.15, 0.2) is 11.7 Å². The average Bonchev–Trinajstić information content (AvgIpc) is 3.07. The number of ether oxygens (including phenoxy) is 2. The maximum atomic E-state index is 12.3. The highest BCUT2D eigenvalue weighted by Crippen LogP contribution is 2.31. The number of carbonyl (C=O) groups excluding carboxylic acids is 1. The van der Waals surface area contributed by atoms with Crippen molar-refractivity contribution in [2.24, 2.45) is 0 Å². The summed E-state index contributed by atoms with van der Waals surface area (Å²) in [5.74, 6) is 1.75. The molecule has 0 fully saturated rings. The van der Waals surface area contributed by atoms with Crippen LogP contribution in [0.5, 0.6) is 11.5 Å². The lowest BCUT2D eigenvalue weighted by molar-refractivity contribution is -0.118. The Balaban J connectivity index is 1.61. The largest absolute Gasteiger partial charge is 0.494 e. The molecule has 0 saturated carbocycles. The third-order valence-corrected chi connectivity index (χ3v) is 5.60. The van der Waals surface area contributed by atoms with Crippen molar-refractivity contribution in [3.8, 4) is 22.8 Å². The van der Waals surface area contributed by atoms with Crippen LogP contribution < -0.4 is 14.8 Å². The van der Waals surface area contributed by atoms with Crippen molar-refractivity contribution in [1.29, 1.82) is 0 Å². The minimum Gasteiger partial charge on any atom is -0.494 e. The molecule has 3 rings (SSSR count). The van der Waals surface area contributed by atoms with E-state index in [1.807, 2.05) is 50.2 Å². The summed E-state index contributed by atoms with van der Waals surface area (Å²) in [6, 6.07) is 13.7. The first-order valence-electron chi connectivity index (χ1n) is 10.1. The Bertz CT molecular complexity index is 1010. The Morgan fingerprint density at radius 3 is 2.40 bits per heavy atom. The summed E-state index contributed by atoms with van der Waals surface area (Å²) in [6.45, 7) is 10.9.